The second-order valence-electron chi connectivity index (χ2n) is 6.82. The Balaban J connectivity index is 1.69. The van der Waals surface area contributed by atoms with Gasteiger partial charge in [-0.2, -0.15) is 0 Å². The summed E-state index contributed by atoms with van der Waals surface area (Å²) in [6.07, 6.45) is 4.38. The molecule has 3 rings (SSSR count). The number of likely N-dealkylation sites (tertiary alicyclic amines) is 1. The molecule has 2 unspecified atom stereocenters. The van der Waals surface area contributed by atoms with Gasteiger partial charge in [-0.25, -0.2) is 4.39 Å². The Morgan fingerprint density at radius 2 is 2.04 bits per heavy atom. The summed E-state index contributed by atoms with van der Waals surface area (Å²) in [4.78, 5) is 15.1. The molecule has 1 aromatic rings. The van der Waals surface area contributed by atoms with Crippen molar-refractivity contribution in [3.8, 4) is 0 Å². The first-order valence-corrected chi connectivity index (χ1v) is 8.81. The Morgan fingerprint density at radius 3 is 2.70 bits per heavy atom. The van der Waals surface area contributed by atoms with E-state index < -0.39 is 0 Å². The van der Waals surface area contributed by atoms with Crippen molar-refractivity contribution in [1.82, 2.24) is 4.90 Å². The van der Waals surface area contributed by atoms with E-state index in [1.165, 1.54) is 12.1 Å². The van der Waals surface area contributed by atoms with Crippen molar-refractivity contribution in [3.05, 3.63) is 35.6 Å². The lowest BCUT2D eigenvalue weighted by atomic mass is 9.90. The number of rotatable bonds is 6. The zero-order chi connectivity index (χ0) is 16.2. The highest BCUT2D eigenvalue weighted by Gasteiger charge is 2.40. The van der Waals surface area contributed by atoms with Gasteiger partial charge in [0.25, 0.3) is 0 Å². The van der Waals surface area contributed by atoms with E-state index in [4.69, 9.17) is 4.74 Å². The third-order valence-corrected chi connectivity index (χ3v) is 4.98. The molecule has 1 saturated heterocycles. The molecule has 0 N–H and O–H groups in total. The van der Waals surface area contributed by atoms with Crippen LogP contribution in [0.15, 0.2) is 24.3 Å². The van der Waals surface area contributed by atoms with Crippen LogP contribution >= 0.6 is 0 Å². The Kier molecular flexibility index (Phi) is 5.31. The molecule has 2 atom stereocenters. The van der Waals surface area contributed by atoms with Gasteiger partial charge in [0, 0.05) is 19.7 Å². The topological polar surface area (TPSA) is 29.5 Å². The van der Waals surface area contributed by atoms with Crippen LogP contribution in [0.25, 0.3) is 0 Å². The molecule has 2 aliphatic rings. The van der Waals surface area contributed by atoms with Crippen LogP contribution in [-0.2, 0) is 9.53 Å². The average molecular weight is 319 g/mol. The molecule has 3 nitrogen and oxygen atoms in total. The highest BCUT2D eigenvalue weighted by atomic mass is 19.1. The lowest BCUT2D eigenvalue weighted by Gasteiger charge is -2.35. The van der Waals surface area contributed by atoms with Crippen molar-refractivity contribution in [2.75, 3.05) is 26.3 Å². The van der Waals surface area contributed by atoms with Crippen LogP contribution in [0.4, 0.5) is 4.39 Å². The second kappa shape index (κ2) is 7.43. The molecule has 23 heavy (non-hydrogen) atoms. The maximum atomic E-state index is 13.2. The van der Waals surface area contributed by atoms with Gasteiger partial charge in [0.05, 0.1) is 12.5 Å². The number of hydrogen-bond acceptors (Lipinski definition) is 2. The predicted molar refractivity (Wildman–Crippen MR) is 87.7 cm³/mol. The summed E-state index contributed by atoms with van der Waals surface area (Å²) < 4.78 is 18.7. The number of amides is 1. The van der Waals surface area contributed by atoms with Gasteiger partial charge in [0.2, 0.25) is 5.91 Å². The maximum Gasteiger partial charge on any atom is 0.230 e. The van der Waals surface area contributed by atoms with Crippen molar-refractivity contribution >= 4 is 5.91 Å². The second-order valence-corrected chi connectivity index (χ2v) is 6.82. The lowest BCUT2D eigenvalue weighted by Crippen LogP contribution is -2.43. The lowest BCUT2D eigenvalue weighted by molar-refractivity contribution is -0.135. The molecular weight excluding hydrogens is 293 g/mol. The molecule has 0 aromatic heterocycles. The summed E-state index contributed by atoms with van der Waals surface area (Å²) in [6, 6.07) is 6.48. The summed E-state index contributed by atoms with van der Waals surface area (Å²) in [7, 11) is 0. The SMILES string of the molecule is CCOCC1CCCN(C(=O)C(c2ccc(F)cc2)C2CC2)C1. The molecule has 126 valence electrons. The van der Waals surface area contributed by atoms with Gasteiger partial charge in [-0.15, -0.1) is 0 Å². The molecule has 0 bridgehead atoms. The summed E-state index contributed by atoms with van der Waals surface area (Å²) in [5.74, 6) is 0.758. The molecule has 0 spiro atoms. The van der Waals surface area contributed by atoms with E-state index in [2.05, 4.69) is 0 Å². The van der Waals surface area contributed by atoms with Crippen molar-refractivity contribution in [3.63, 3.8) is 0 Å². The summed E-state index contributed by atoms with van der Waals surface area (Å²) in [6.45, 7) is 5.11. The normalized spacial score (nSPS) is 22.9. The monoisotopic (exact) mass is 319 g/mol. The van der Waals surface area contributed by atoms with Crippen molar-refractivity contribution in [2.24, 2.45) is 11.8 Å². The molecular formula is C19H26FNO2. The largest absolute Gasteiger partial charge is 0.381 e. The van der Waals surface area contributed by atoms with Gasteiger partial charge in [-0.05, 0) is 62.1 Å². The molecule has 1 aromatic carbocycles. The van der Waals surface area contributed by atoms with E-state index in [0.717, 1.165) is 57.6 Å². The third-order valence-electron chi connectivity index (χ3n) is 4.98. The quantitative estimate of drug-likeness (QED) is 0.802. The van der Waals surface area contributed by atoms with Crippen LogP contribution in [0.3, 0.4) is 0 Å². The summed E-state index contributed by atoms with van der Waals surface area (Å²) in [5.41, 5.74) is 0.964. The fourth-order valence-electron chi connectivity index (χ4n) is 3.60. The molecule has 1 aliphatic heterocycles. The fraction of sp³-hybridized carbons (Fsp3) is 0.632. The van der Waals surface area contributed by atoms with Crippen LogP contribution in [0.1, 0.15) is 44.1 Å². The molecule has 1 amide bonds. The van der Waals surface area contributed by atoms with Gasteiger partial charge < -0.3 is 9.64 Å². The number of hydrogen-bond donors (Lipinski definition) is 0. The number of halogens is 1. The molecule has 2 fully saturated rings. The molecule has 1 heterocycles. The van der Waals surface area contributed by atoms with Gasteiger partial charge in [-0.1, -0.05) is 12.1 Å². The predicted octanol–water partition coefficient (Wildman–Crippen LogP) is 3.59. The Morgan fingerprint density at radius 1 is 1.30 bits per heavy atom. The Bertz CT molecular complexity index is 527. The highest BCUT2D eigenvalue weighted by molar-refractivity contribution is 5.84. The van der Waals surface area contributed by atoms with E-state index in [-0.39, 0.29) is 17.6 Å². The molecule has 1 aliphatic carbocycles. The zero-order valence-corrected chi connectivity index (χ0v) is 13.8. The smallest absolute Gasteiger partial charge is 0.230 e. The number of ether oxygens (including phenoxy) is 1. The van der Waals surface area contributed by atoms with Gasteiger partial charge in [0.15, 0.2) is 0 Å². The van der Waals surface area contributed by atoms with E-state index in [0.29, 0.717) is 11.8 Å². The van der Waals surface area contributed by atoms with Crippen LogP contribution in [0.2, 0.25) is 0 Å². The standard InChI is InChI=1S/C19H26FNO2/c1-2-23-13-14-4-3-11-21(12-14)19(22)18(15-5-6-15)16-7-9-17(20)10-8-16/h7-10,14-15,18H,2-6,11-13H2,1H3. The first kappa shape index (κ1) is 16.4. The van der Waals surface area contributed by atoms with Crippen molar-refractivity contribution < 1.29 is 13.9 Å². The number of carbonyl (C=O) groups is 1. The highest BCUT2D eigenvalue weighted by Crippen LogP contribution is 2.44. The Hall–Kier alpha value is -1.42. The Labute approximate surface area is 137 Å². The number of benzene rings is 1. The maximum absolute atomic E-state index is 13.2. The van der Waals surface area contributed by atoms with Crippen molar-refractivity contribution in [2.45, 2.75) is 38.5 Å². The number of carbonyl (C=O) groups excluding carboxylic acids is 1. The van der Waals surface area contributed by atoms with Crippen molar-refractivity contribution in [1.29, 1.82) is 0 Å². The average Bonchev–Trinajstić information content (AvgIpc) is 3.40. The molecule has 1 saturated carbocycles. The molecule has 0 radical (unpaired) electrons. The van der Waals surface area contributed by atoms with Gasteiger partial charge in [-0.3, -0.25) is 4.79 Å². The van der Waals surface area contributed by atoms with E-state index in [1.807, 2.05) is 11.8 Å². The summed E-state index contributed by atoms with van der Waals surface area (Å²) >= 11 is 0. The minimum Gasteiger partial charge on any atom is -0.381 e. The van der Waals surface area contributed by atoms with Gasteiger partial charge >= 0.3 is 0 Å². The van der Waals surface area contributed by atoms with Crippen LogP contribution < -0.4 is 0 Å². The van der Waals surface area contributed by atoms with Gasteiger partial charge in [0.1, 0.15) is 5.82 Å². The number of nitrogens with zero attached hydrogens (tertiary/aromatic N) is 1. The van der Waals surface area contributed by atoms with E-state index in [1.54, 1.807) is 12.1 Å². The van der Waals surface area contributed by atoms with Crippen LogP contribution in [0.5, 0.6) is 0 Å². The number of piperidine rings is 1. The van der Waals surface area contributed by atoms with Crippen LogP contribution in [-0.4, -0.2) is 37.1 Å². The molecule has 4 heteroatoms. The first-order valence-electron chi connectivity index (χ1n) is 8.81. The van der Waals surface area contributed by atoms with E-state index >= 15 is 0 Å². The first-order chi connectivity index (χ1) is 11.2. The van der Waals surface area contributed by atoms with E-state index in [9.17, 15) is 9.18 Å². The third kappa shape index (κ3) is 4.11. The fourth-order valence-corrected chi connectivity index (χ4v) is 3.60. The minimum atomic E-state index is -0.245. The zero-order valence-electron chi connectivity index (χ0n) is 13.8. The summed E-state index contributed by atoms with van der Waals surface area (Å²) in [5, 5.41) is 0. The van der Waals surface area contributed by atoms with Crippen LogP contribution in [0, 0.1) is 17.7 Å². The minimum absolute atomic E-state index is 0.0959.